The number of hydrogen-bond donors (Lipinski definition) is 1. The van der Waals surface area contributed by atoms with Crippen molar-refractivity contribution in [3.63, 3.8) is 0 Å². The molecule has 1 aliphatic rings. The summed E-state index contributed by atoms with van der Waals surface area (Å²) >= 11 is 0. The van der Waals surface area contributed by atoms with E-state index in [1.165, 1.54) is 0 Å². The van der Waals surface area contributed by atoms with Crippen LogP contribution in [0.25, 0.3) is 10.8 Å². The Morgan fingerprint density at radius 1 is 1.33 bits per heavy atom. The van der Waals surface area contributed by atoms with Crippen LogP contribution in [0.3, 0.4) is 0 Å². The third kappa shape index (κ3) is 2.34. The first kappa shape index (κ1) is 13.8. The van der Waals surface area contributed by atoms with Crippen LogP contribution in [0.4, 0.5) is 5.82 Å². The number of morpholine rings is 1. The number of hydrogen-bond acceptors (Lipinski definition) is 4. The van der Waals surface area contributed by atoms with Crippen LogP contribution in [0, 0.1) is 0 Å². The minimum atomic E-state index is -0.322. The summed E-state index contributed by atoms with van der Waals surface area (Å²) in [5, 5.41) is 1.66. The van der Waals surface area contributed by atoms with Gasteiger partial charge in [0.05, 0.1) is 24.3 Å². The van der Waals surface area contributed by atoms with E-state index in [2.05, 4.69) is 4.98 Å². The minimum absolute atomic E-state index is 0.0213. The van der Waals surface area contributed by atoms with Crippen molar-refractivity contribution in [1.82, 2.24) is 9.88 Å². The van der Waals surface area contributed by atoms with Crippen molar-refractivity contribution in [2.45, 2.75) is 19.4 Å². The Morgan fingerprint density at radius 3 is 2.76 bits per heavy atom. The molecule has 1 aromatic heterocycles. The Hall–Kier alpha value is -2.14. The van der Waals surface area contributed by atoms with Crippen LogP contribution in [0.1, 0.15) is 24.2 Å². The Morgan fingerprint density at radius 2 is 2.05 bits per heavy atom. The van der Waals surface area contributed by atoms with Crippen LogP contribution >= 0.6 is 0 Å². The second-order valence-electron chi connectivity index (χ2n) is 5.92. The van der Waals surface area contributed by atoms with Crippen molar-refractivity contribution in [3.05, 3.63) is 36.0 Å². The number of carbonyl (C=O) groups excluding carboxylic acids is 1. The zero-order valence-electron chi connectivity index (χ0n) is 12.3. The van der Waals surface area contributed by atoms with E-state index in [1.807, 2.05) is 43.0 Å². The van der Waals surface area contributed by atoms with Gasteiger partial charge in [0.15, 0.2) is 0 Å². The number of amides is 1. The summed E-state index contributed by atoms with van der Waals surface area (Å²) in [6.45, 7) is 5.72. The second-order valence-corrected chi connectivity index (χ2v) is 5.92. The summed E-state index contributed by atoms with van der Waals surface area (Å²) in [4.78, 5) is 19.0. The highest BCUT2D eigenvalue weighted by Gasteiger charge is 2.35. The Balaban J connectivity index is 2.08. The fraction of sp³-hybridized carbons (Fsp3) is 0.375. The summed E-state index contributed by atoms with van der Waals surface area (Å²) in [5.74, 6) is 0.426. The number of fused-ring (bicyclic) bond motifs is 1. The average Bonchev–Trinajstić information content (AvgIpc) is 2.47. The van der Waals surface area contributed by atoms with Crippen molar-refractivity contribution in [1.29, 1.82) is 0 Å². The third-order valence-corrected chi connectivity index (χ3v) is 3.95. The monoisotopic (exact) mass is 285 g/mol. The van der Waals surface area contributed by atoms with E-state index in [0.717, 1.165) is 10.8 Å². The third-order valence-electron chi connectivity index (χ3n) is 3.95. The van der Waals surface area contributed by atoms with E-state index in [9.17, 15) is 4.79 Å². The second kappa shape index (κ2) is 5.00. The Bertz CT molecular complexity index is 697. The summed E-state index contributed by atoms with van der Waals surface area (Å²) in [5.41, 5.74) is 6.17. The topological polar surface area (TPSA) is 68.5 Å². The molecule has 0 spiro atoms. The predicted molar refractivity (Wildman–Crippen MR) is 82.1 cm³/mol. The summed E-state index contributed by atoms with van der Waals surface area (Å²) in [6.07, 6.45) is 1.57. The largest absolute Gasteiger partial charge is 0.383 e. The molecule has 1 aliphatic heterocycles. The average molecular weight is 285 g/mol. The number of rotatable bonds is 1. The number of aromatic nitrogens is 1. The highest BCUT2D eigenvalue weighted by molar-refractivity contribution is 6.09. The quantitative estimate of drug-likeness (QED) is 0.871. The van der Waals surface area contributed by atoms with E-state index in [-0.39, 0.29) is 11.4 Å². The van der Waals surface area contributed by atoms with Gasteiger partial charge >= 0.3 is 0 Å². The maximum Gasteiger partial charge on any atom is 0.256 e. The molecule has 21 heavy (non-hydrogen) atoms. The minimum Gasteiger partial charge on any atom is -0.383 e. The lowest BCUT2D eigenvalue weighted by atomic mass is 9.99. The molecule has 3 rings (SSSR count). The first-order valence-electron chi connectivity index (χ1n) is 7.03. The molecule has 0 atom stereocenters. The van der Waals surface area contributed by atoms with Gasteiger partial charge in [-0.05, 0) is 19.2 Å². The van der Waals surface area contributed by atoms with Crippen molar-refractivity contribution in [2.24, 2.45) is 0 Å². The number of anilines is 1. The van der Waals surface area contributed by atoms with E-state index in [0.29, 0.717) is 31.1 Å². The molecule has 2 aromatic rings. The lowest BCUT2D eigenvalue weighted by molar-refractivity contribution is -0.0369. The van der Waals surface area contributed by atoms with Gasteiger partial charge in [0.25, 0.3) is 5.91 Å². The molecule has 0 aliphatic carbocycles. The summed E-state index contributed by atoms with van der Waals surface area (Å²) < 4.78 is 5.48. The van der Waals surface area contributed by atoms with Gasteiger partial charge in [-0.1, -0.05) is 24.3 Å². The number of nitrogen functional groups attached to an aromatic ring is 1. The number of ether oxygens (including phenoxy) is 1. The molecule has 0 unspecified atom stereocenters. The van der Waals surface area contributed by atoms with Gasteiger partial charge in [-0.3, -0.25) is 4.79 Å². The van der Waals surface area contributed by atoms with Crippen LogP contribution in [-0.2, 0) is 4.74 Å². The molecule has 0 saturated carbocycles. The molecule has 1 fully saturated rings. The highest BCUT2D eigenvalue weighted by Crippen LogP contribution is 2.27. The molecule has 1 saturated heterocycles. The number of benzene rings is 1. The normalized spacial score (nSPS) is 17.9. The first-order chi connectivity index (χ1) is 10.0. The maximum absolute atomic E-state index is 12.9. The molecule has 0 radical (unpaired) electrons. The van der Waals surface area contributed by atoms with E-state index in [4.69, 9.17) is 10.5 Å². The molecule has 1 amide bonds. The fourth-order valence-corrected chi connectivity index (χ4v) is 2.77. The fourth-order valence-electron chi connectivity index (χ4n) is 2.77. The van der Waals surface area contributed by atoms with Gasteiger partial charge in [-0.15, -0.1) is 0 Å². The molecule has 2 heterocycles. The summed E-state index contributed by atoms with van der Waals surface area (Å²) in [7, 11) is 0. The lowest BCUT2D eigenvalue weighted by Crippen LogP contribution is -2.55. The Labute approximate surface area is 123 Å². The number of carbonyl (C=O) groups is 1. The SMILES string of the molecule is CC1(C)COCCN1C(=O)c1cnc(N)c2ccccc12. The van der Waals surface area contributed by atoms with E-state index < -0.39 is 0 Å². The zero-order chi connectivity index (χ0) is 15.0. The molecule has 5 heteroatoms. The van der Waals surface area contributed by atoms with Gasteiger partial charge in [-0.2, -0.15) is 0 Å². The van der Waals surface area contributed by atoms with Crippen molar-refractivity contribution >= 4 is 22.5 Å². The van der Waals surface area contributed by atoms with E-state index in [1.54, 1.807) is 6.20 Å². The van der Waals surface area contributed by atoms with Crippen LogP contribution in [0.5, 0.6) is 0 Å². The molecule has 2 N–H and O–H groups in total. The van der Waals surface area contributed by atoms with Crippen LogP contribution in [0.15, 0.2) is 30.5 Å². The smallest absolute Gasteiger partial charge is 0.256 e. The van der Waals surface area contributed by atoms with Gasteiger partial charge in [0, 0.05) is 18.1 Å². The first-order valence-corrected chi connectivity index (χ1v) is 7.03. The molecule has 0 bridgehead atoms. The molecular formula is C16H19N3O2. The van der Waals surface area contributed by atoms with E-state index >= 15 is 0 Å². The number of pyridine rings is 1. The predicted octanol–water partition coefficient (Wildman–Crippen LogP) is 2.07. The van der Waals surface area contributed by atoms with Crippen LogP contribution in [-0.4, -0.2) is 41.1 Å². The lowest BCUT2D eigenvalue weighted by Gasteiger charge is -2.42. The standard InChI is InChI=1S/C16H19N3O2/c1-16(2)10-21-8-7-19(16)15(20)13-9-18-14(17)12-6-4-3-5-11(12)13/h3-6,9H,7-8,10H2,1-2H3,(H2,17,18). The molecular weight excluding hydrogens is 266 g/mol. The van der Waals surface area contributed by atoms with Gasteiger partial charge < -0.3 is 15.4 Å². The Kier molecular flexibility index (Phi) is 3.29. The highest BCUT2D eigenvalue weighted by atomic mass is 16.5. The van der Waals surface area contributed by atoms with Gasteiger partial charge in [0.2, 0.25) is 0 Å². The summed E-state index contributed by atoms with van der Waals surface area (Å²) in [6, 6.07) is 7.60. The molecule has 1 aromatic carbocycles. The van der Waals surface area contributed by atoms with Crippen molar-refractivity contribution in [3.8, 4) is 0 Å². The number of nitrogens with zero attached hydrogens (tertiary/aromatic N) is 2. The van der Waals surface area contributed by atoms with Crippen molar-refractivity contribution < 1.29 is 9.53 Å². The number of nitrogens with two attached hydrogens (primary N) is 1. The zero-order valence-corrected chi connectivity index (χ0v) is 12.3. The van der Waals surface area contributed by atoms with Gasteiger partial charge in [0.1, 0.15) is 5.82 Å². The molecule has 5 nitrogen and oxygen atoms in total. The van der Waals surface area contributed by atoms with Gasteiger partial charge in [-0.25, -0.2) is 4.98 Å². The maximum atomic E-state index is 12.9. The van der Waals surface area contributed by atoms with Crippen molar-refractivity contribution in [2.75, 3.05) is 25.5 Å². The molecule has 110 valence electrons. The van der Waals surface area contributed by atoms with Crippen LogP contribution in [0.2, 0.25) is 0 Å². The van der Waals surface area contributed by atoms with Crippen LogP contribution < -0.4 is 5.73 Å².